The second-order valence-electron chi connectivity index (χ2n) is 17.5. The largest absolute Gasteiger partial charge is 0.343 e. The van der Waals surface area contributed by atoms with E-state index >= 15 is 0 Å². The Bertz CT molecular complexity index is 2640. The lowest BCUT2D eigenvalue weighted by Crippen LogP contribution is -2.76. The Labute approximate surface area is 346 Å². The normalized spacial score (nSPS) is 28.1. The molecule has 0 amide bonds. The third kappa shape index (κ3) is 4.96. The molecule has 7 aromatic rings. The Morgan fingerprint density at radius 2 is 1.24 bits per heavy atom. The summed E-state index contributed by atoms with van der Waals surface area (Å²) in [7, 11) is 0. The third-order valence-corrected chi connectivity index (χ3v) is 14.6. The van der Waals surface area contributed by atoms with Crippen LogP contribution < -0.4 is 4.90 Å². The van der Waals surface area contributed by atoms with Gasteiger partial charge in [0.05, 0.1) is 27.9 Å². The van der Waals surface area contributed by atoms with E-state index in [-0.39, 0.29) is 0 Å². The SMILES string of the molecule is c1ccc2c(c1)CCN2C1OC(N2CCCCC2)(N2CCCC2)C(c2nc3ccccc3[nH]2)(c2nccc3ccccc23)C1(c1ccc2ccccc2n1)N1CCCC1. The van der Waals surface area contributed by atoms with Crippen molar-refractivity contribution in [3.63, 3.8) is 0 Å². The van der Waals surface area contributed by atoms with Crippen LogP contribution in [0.4, 0.5) is 5.69 Å². The molecule has 0 aliphatic carbocycles. The van der Waals surface area contributed by atoms with E-state index in [0.717, 1.165) is 135 Å². The van der Waals surface area contributed by atoms with Gasteiger partial charge in [-0.25, -0.2) is 4.98 Å². The average Bonchev–Trinajstić information content (AvgIpc) is 4.16. The number of aromatic amines is 1. The van der Waals surface area contributed by atoms with Crippen molar-refractivity contribution in [1.82, 2.24) is 34.6 Å². The number of ether oxygens (including phenoxy) is 1. The van der Waals surface area contributed by atoms with Gasteiger partial charge in [0.1, 0.15) is 11.4 Å². The van der Waals surface area contributed by atoms with E-state index in [2.05, 4.69) is 140 Å². The minimum atomic E-state index is -1.07. The van der Waals surface area contributed by atoms with Crippen LogP contribution in [0.15, 0.2) is 121 Å². The van der Waals surface area contributed by atoms with Crippen molar-refractivity contribution in [3.8, 4) is 0 Å². The molecule has 298 valence electrons. The number of imidazole rings is 1. The van der Waals surface area contributed by atoms with Gasteiger partial charge in [0, 0.05) is 55.4 Å². The Balaban J connectivity index is 1.33. The summed E-state index contributed by atoms with van der Waals surface area (Å²) in [4.78, 5) is 32.6. The Hall–Kier alpha value is -5.19. The molecule has 0 radical (unpaired) electrons. The number of benzene rings is 4. The molecule has 3 aromatic heterocycles. The first-order valence-electron chi connectivity index (χ1n) is 22.2. The first-order chi connectivity index (χ1) is 29.2. The van der Waals surface area contributed by atoms with Gasteiger partial charge in [-0.05, 0) is 105 Å². The highest BCUT2D eigenvalue weighted by Crippen LogP contribution is 2.68. The first kappa shape index (κ1) is 35.7. The number of rotatable bonds is 7. The smallest absolute Gasteiger partial charge is 0.203 e. The molecule has 5 aliphatic rings. The first-order valence-corrected chi connectivity index (χ1v) is 22.2. The molecule has 8 heterocycles. The van der Waals surface area contributed by atoms with Gasteiger partial charge in [-0.3, -0.25) is 24.7 Å². The van der Waals surface area contributed by atoms with Gasteiger partial charge in [-0.2, -0.15) is 0 Å². The van der Waals surface area contributed by atoms with Crippen LogP contribution in [0.2, 0.25) is 0 Å². The number of hydrogen-bond donors (Lipinski definition) is 1. The maximum atomic E-state index is 8.67. The monoisotopic (exact) mass is 780 g/mol. The fourth-order valence-electron chi connectivity index (χ4n) is 12.3. The Morgan fingerprint density at radius 1 is 0.576 bits per heavy atom. The molecule has 59 heavy (non-hydrogen) atoms. The highest BCUT2D eigenvalue weighted by atomic mass is 16.6. The number of H-pyrrole nitrogens is 1. The van der Waals surface area contributed by atoms with Crippen molar-refractivity contribution in [2.45, 2.75) is 74.4 Å². The number of pyridine rings is 2. The summed E-state index contributed by atoms with van der Waals surface area (Å²) in [6, 6.07) is 42.0. The van der Waals surface area contributed by atoms with E-state index in [1.54, 1.807) is 0 Å². The summed E-state index contributed by atoms with van der Waals surface area (Å²) in [5.74, 6) is -0.107. The lowest BCUT2D eigenvalue weighted by molar-refractivity contribution is -0.259. The number of hydrogen-bond acceptors (Lipinski definition) is 8. The molecular formula is C50H52N8O. The summed E-state index contributed by atoms with van der Waals surface area (Å²) in [6.07, 6.45) is 10.4. The maximum Gasteiger partial charge on any atom is 0.203 e. The second kappa shape index (κ2) is 13.9. The zero-order chi connectivity index (χ0) is 39.0. The van der Waals surface area contributed by atoms with Gasteiger partial charge in [0.25, 0.3) is 0 Å². The van der Waals surface area contributed by atoms with E-state index in [4.69, 9.17) is 19.7 Å². The fraction of sp³-hybridized carbons (Fsp3) is 0.380. The Kier molecular flexibility index (Phi) is 8.45. The molecule has 4 aromatic carbocycles. The quantitative estimate of drug-likeness (QED) is 0.173. The van der Waals surface area contributed by atoms with Gasteiger partial charge < -0.3 is 14.6 Å². The van der Waals surface area contributed by atoms with Crippen LogP contribution in [-0.2, 0) is 22.1 Å². The number of nitrogens with one attached hydrogen (secondary N) is 1. The van der Waals surface area contributed by atoms with E-state index in [0.29, 0.717) is 0 Å². The molecule has 0 saturated carbocycles. The van der Waals surface area contributed by atoms with Crippen LogP contribution >= 0.6 is 0 Å². The maximum absolute atomic E-state index is 8.67. The third-order valence-electron chi connectivity index (χ3n) is 14.6. The van der Waals surface area contributed by atoms with Crippen molar-refractivity contribution < 1.29 is 4.74 Å². The molecule has 0 spiro atoms. The number of aromatic nitrogens is 4. The number of anilines is 1. The van der Waals surface area contributed by atoms with Crippen molar-refractivity contribution in [1.29, 1.82) is 0 Å². The molecule has 1 N–H and O–H groups in total. The molecule has 4 fully saturated rings. The van der Waals surface area contributed by atoms with Crippen molar-refractivity contribution in [2.75, 3.05) is 50.7 Å². The van der Waals surface area contributed by atoms with Crippen LogP contribution in [0.1, 0.15) is 67.7 Å². The second-order valence-corrected chi connectivity index (χ2v) is 17.5. The molecule has 4 atom stereocenters. The Morgan fingerprint density at radius 3 is 2.03 bits per heavy atom. The van der Waals surface area contributed by atoms with Crippen molar-refractivity contribution in [3.05, 3.63) is 144 Å². The topological polar surface area (TPSA) is 76.6 Å². The van der Waals surface area contributed by atoms with Crippen LogP contribution in [0.3, 0.4) is 0 Å². The molecule has 4 unspecified atom stereocenters. The van der Waals surface area contributed by atoms with E-state index in [1.807, 2.05) is 6.20 Å². The van der Waals surface area contributed by atoms with Crippen LogP contribution in [-0.4, -0.2) is 92.5 Å². The van der Waals surface area contributed by atoms with Crippen molar-refractivity contribution in [2.24, 2.45) is 0 Å². The van der Waals surface area contributed by atoms with Crippen LogP contribution in [0, 0.1) is 0 Å². The molecule has 12 rings (SSSR count). The summed E-state index contributed by atoms with van der Waals surface area (Å²) in [5.41, 5.74) is 5.60. The molecular weight excluding hydrogens is 729 g/mol. The highest BCUT2D eigenvalue weighted by Gasteiger charge is 2.84. The fourth-order valence-corrected chi connectivity index (χ4v) is 12.3. The average molecular weight is 781 g/mol. The number of para-hydroxylation sites is 4. The van der Waals surface area contributed by atoms with Gasteiger partial charge >= 0.3 is 0 Å². The van der Waals surface area contributed by atoms with E-state index in [9.17, 15) is 0 Å². The molecule has 9 nitrogen and oxygen atoms in total. The number of nitrogens with zero attached hydrogens (tertiary/aromatic N) is 7. The zero-order valence-electron chi connectivity index (χ0n) is 33.8. The summed E-state index contributed by atoms with van der Waals surface area (Å²) in [6.45, 7) is 6.37. The summed E-state index contributed by atoms with van der Waals surface area (Å²) < 4.78 is 8.67. The molecule has 0 bridgehead atoms. The van der Waals surface area contributed by atoms with Crippen LogP contribution in [0.5, 0.6) is 0 Å². The standard InChI is InChI=1S/C50H52N8O/c1-10-31-56(32-11-1)50(57-33-14-15-34-57)48(46-53-41-21-7-8-22-42(41)54-46,45-39-19-5-2-16-36(39)26-28-51-45)49(55-29-12-13-30-55,44-25-24-37-17-3-6-20-40(37)52-44)47(59-50)58-35-27-38-18-4-9-23-43(38)58/h2-9,16-26,28,47H,1,10-15,27,29-35H2,(H,53,54). The summed E-state index contributed by atoms with van der Waals surface area (Å²) >= 11 is 0. The minimum absolute atomic E-state index is 0.464. The van der Waals surface area contributed by atoms with Crippen LogP contribution in [0.25, 0.3) is 32.7 Å². The predicted octanol–water partition coefficient (Wildman–Crippen LogP) is 8.59. The molecule has 5 aliphatic heterocycles. The van der Waals surface area contributed by atoms with Crippen molar-refractivity contribution >= 4 is 38.4 Å². The number of likely N-dealkylation sites (tertiary alicyclic amines) is 3. The number of fused-ring (bicyclic) bond motifs is 4. The van der Waals surface area contributed by atoms with E-state index < -0.39 is 23.0 Å². The molecule has 9 heteroatoms. The summed E-state index contributed by atoms with van der Waals surface area (Å²) in [5, 5.41) is 3.43. The van der Waals surface area contributed by atoms with Gasteiger partial charge in [0.2, 0.25) is 5.85 Å². The highest BCUT2D eigenvalue weighted by molar-refractivity contribution is 5.87. The van der Waals surface area contributed by atoms with Gasteiger partial charge in [-0.1, -0.05) is 85.3 Å². The minimum Gasteiger partial charge on any atom is -0.343 e. The van der Waals surface area contributed by atoms with E-state index in [1.165, 1.54) is 23.1 Å². The predicted molar refractivity (Wildman–Crippen MR) is 234 cm³/mol. The lowest BCUT2D eigenvalue weighted by Gasteiger charge is -2.59. The molecule has 4 saturated heterocycles. The van der Waals surface area contributed by atoms with Gasteiger partial charge in [0.15, 0.2) is 11.6 Å². The van der Waals surface area contributed by atoms with Gasteiger partial charge in [-0.15, -0.1) is 0 Å². The lowest BCUT2D eigenvalue weighted by atomic mass is 9.59. The number of piperidine rings is 1. The zero-order valence-corrected chi connectivity index (χ0v) is 33.8.